The number of hydrogen-bond donors (Lipinski definition) is 1. The molecule has 0 atom stereocenters. The van der Waals surface area contributed by atoms with Gasteiger partial charge in [0.05, 0.1) is 0 Å². The zero-order chi connectivity index (χ0) is 20.8. The van der Waals surface area contributed by atoms with Gasteiger partial charge in [-0.3, -0.25) is 4.79 Å². The summed E-state index contributed by atoms with van der Waals surface area (Å²) in [7, 11) is 0. The fourth-order valence-corrected chi connectivity index (χ4v) is 2.93. The largest absolute Gasteiger partial charge is 0.321 e. The molecule has 1 amide bonds. The number of nitriles is 1. The maximum Gasteiger partial charge on any atom is 0.266 e. The molecule has 3 nitrogen and oxygen atoms in total. The number of amides is 1. The van der Waals surface area contributed by atoms with E-state index < -0.39 is 5.91 Å². The van der Waals surface area contributed by atoms with Gasteiger partial charge in [0.2, 0.25) is 0 Å². The lowest BCUT2D eigenvalue weighted by atomic mass is 10.0. The Morgan fingerprint density at radius 3 is 2.41 bits per heavy atom. The number of carbonyl (C=O) groups is 1. The number of nitrogens with zero attached hydrogens (tertiary/aromatic N) is 1. The molecule has 4 heteroatoms. The van der Waals surface area contributed by atoms with Crippen LogP contribution in [0.5, 0.6) is 0 Å². The lowest BCUT2D eigenvalue weighted by Gasteiger charge is -2.07. The molecule has 0 radical (unpaired) electrons. The van der Waals surface area contributed by atoms with Gasteiger partial charge in [0.15, 0.2) is 0 Å². The highest BCUT2D eigenvalue weighted by Gasteiger charge is 2.10. The summed E-state index contributed by atoms with van der Waals surface area (Å²) in [4.78, 5) is 12.4. The van der Waals surface area contributed by atoms with Crippen molar-refractivity contribution in [2.75, 3.05) is 5.32 Å². The molecule has 3 aromatic rings. The SMILES string of the molecule is Cc1ccc(NC(=O)/C(C#N)=C/c2ccc(Cc3ccccc3F)cc2)cc1C. The number of nitrogens with one attached hydrogen (secondary N) is 1. The molecular formula is C25H21FN2O. The Kier molecular flexibility index (Phi) is 6.21. The maximum absolute atomic E-state index is 13.8. The molecule has 3 aromatic carbocycles. The number of hydrogen-bond acceptors (Lipinski definition) is 2. The monoisotopic (exact) mass is 384 g/mol. The smallest absolute Gasteiger partial charge is 0.266 e. The summed E-state index contributed by atoms with van der Waals surface area (Å²) >= 11 is 0. The van der Waals surface area contributed by atoms with Gasteiger partial charge in [-0.2, -0.15) is 5.26 Å². The molecule has 0 heterocycles. The Morgan fingerprint density at radius 2 is 1.76 bits per heavy atom. The highest BCUT2D eigenvalue weighted by atomic mass is 19.1. The van der Waals surface area contributed by atoms with E-state index in [1.165, 1.54) is 6.07 Å². The first-order valence-electron chi connectivity index (χ1n) is 9.29. The minimum atomic E-state index is -0.453. The molecule has 144 valence electrons. The van der Waals surface area contributed by atoms with Gasteiger partial charge in [-0.25, -0.2) is 4.39 Å². The van der Waals surface area contributed by atoms with Gasteiger partial charge in [0.25, 0.3) is 5.91 Å². The van der Waals surface area contributed by atoms with E-state index in [9.17, 15) is 14.4 Å². The Balaban J connectivity index is 1.73. The van der Waals surface area contributed by atoms with E-state index in [1.54, 1.807) is 18.2 Å². The van der Waals surface area contributed by atoms with Crippen molar-refractivity contribution in [3.05, 3.63) is 106 Å². The molecule has 29 heavy (non-hydrogen) atoms. The summed E-state index contributed by atoms with van der Waals surface area (Å²) in [6.45, 7) is 3.96. The van der Waals surface area contributed by atoms with Crippen molar-refractivity contribution in [3.8, 4) is 6.07 Å². The van der Waals surface area contributed by atoms with E-state index in [0.29, 0.717) is 17.7 Å². The highest BCUT2D eigenvalue weighted by molar-refractivity contribution is 6.09. The van der Waals surface area contributed by atoms with Crippen molar-refractivity contribution in [2.24, 2.45) is 0 Å². The van der Waals surface area contributed by atoms with Crippen LogP contribution in [0.15, 0.2) is 72.3 Å². The standard InChI is InChI=1S/C25H21FN2O/c1-17-7-12-23(13-18(17)2)28-25(29)22(16-27)15-20-10-8-19(9-11-20)14-21-5-3-4-6-24(21)26/h3-13,15H,14H2,1-2H3,(H,28,29)/b22-15+. The van der Waals surface area contributed by atoms with E-state index in [-0.39, 0.29) is 11.4 Å². The van der Waals surface area contributed by atoms with E-state index in [2.05, 4.69) is 5.32 Å². The first kappa shape index (κ1) is 20.0. The third kappa shape index (κ3) is 5.18. The molecule has 3 rings (SSSR count). The van der Waals surface area contributed by atoms with Crippen molar-refractivity contribution in [1.29, 1.82) is 5.26 Å². The van der Waals surface area contributed by atoms with Crippen LogP contribution in [0, 0.1) is 31.0 Å². The second-order valence-corrected chi connectivity index (χ2v) is 6.93. The Hall–Kier alpha value is -3.71. The molecule has 0 aliphatic heterocycles. The van der Waals surface area contributed by atoms with Crippen LogP contribution < -0.4 is 5.32 Å². The van der Waals surface area contributed by atoms with Crippen molar-refractivity contribution in [2.45, 2.75) is 20.3 Å². The first-order valence-corrected chi connectivity index (χ1v) is 9.29. The summed E-state index contributed by atoms with van der Waals surface area (Å²) in [6, 6.07) is 21.6. The van der Waals surface area contributed by atoms with Gasteiger partial charge >= 0.3 is 0 Å². The molecule has 0 unspecified atom stereocenters. The predicted molar refractivity (Wildman–Crippen MR) is 114 cm³/mol. The Morgan fingerprint density at radius 1 is 1.03 bits per heavy atom. The third-order valence-electron chi connectivity index (χ3n) is 4.77. The van der Waals surface area contributed by atoms with E-state index in [1.807, 2.05) is 68.4 Å². The molecule has 0 aliphatic rings. The van der Waals surface area contributed by atoms with Crippen LogP contribution >= 0.6 is 0 Å². The Labute approximate surface area is 170 Å². The lowest BCUT2D eigenvalue weighted by Crippen LogP contribution is -2.13. The van der Waals surface area contributed by atoms with Crippen LogP contribution in [0.1, 0.15) is 27.8 Å². The minimum absolute atomic E-state index is 0.0186. The minimum Gasteiger partial charge on any atom is -0.321 e. The molecule has 1 N–H and O–H groups in total. The average Bonchev–Trinajstić information content (AvgIpc) is 2.71. The van der Waals surface area contributed by atoms with Gasteiger partial charge in [-0.05, 0) is 65.9 Å². The number of halogens is 1. The van der Waals surface area contributed by atoms with Crippen molar-refractivity contribution in [1.82, 2.24) is 0 Å². The quantitative estimate of drug-likeness (QED) is 0.461. The molecular weight excluding hydrogens is 363 g/mol. The van der Waals surface area contributed by atoms with E-state index >= 15 is 0 Å². The summed E-state index contributed by atoms with van der Waals surface area (Å²) in [5.74, 6) is -0.683. The molecule has 0 aliphatic carbocycles. The summed E-state index contributed by atoms with van der Waals surface area (Å²) in [5.41, 5.74) is 5.18. The second kappa shape index (κ2) is 8.99. The number of aryl methyl sites for hydroxylation is 2. The highest BCUT2D eigenvalue weighted by Crippen LogP contribution is 2.17. The second-order valence-electron chi connectivity index (χ2n) is 6.93. The number of anilines is 1. The Bertz CT molecular complexity index is 1110. The molecule has 0 spiro atoms. The maximum atomic E-state index is 13.8. The summed E-state index contributed by atoms with van der Waals surface area (Å²) in [6.07, 6.45) is 2.03. The first-order chi connectivity index (χ1) is 14.0. The topological polar surface area (TPSA) is 52.9 Å². The fraction of sp³-hybridized carbons (Fsp3) is 0.120. The van der Waals surface area contributed by atoms with E-state index in [0.717, 1.165) is 22.3 Å². The van der Waals surface area contributed by atoms with Gasteiger partial charge in [-0.15, -0.1) is 0 Å². The predicted octanol–water partition coefficient (Wildman–Crippen LogP) is 5.58. The van der Waals surface area contributed by atoms with Crippen LogP contribution in [0.3, 0.4) is 0 Å². The molecule has 0 aromatic heterocycles. The fourth-order valence-electron chi connectivity index (χ4n) is 2.93. The van der Waals surface area contributed by atoms with Crippen LogP contribution in [-0.4, -0.2) is 5.91 Å². The van der Waals surface area contributed by atoms with Gasteiger partial charge in [0.1, 0.15) is 17.5 Å². The zero-order valence-electron chi connectivity index (χ0n) is 16.4. The van der Waals surface area contributed by atoms with Crippen molar-refractivity contribution < 1.29 is 9.18 Å². The molecule has 0 fully saturated rings. The average molecular weight is 384 g/mol. The van der Waals surface area contributed by atoms with Crippen LogP contribution in [-0.2, 0) is 11.2 Å². The van der Waals surface area contributed by atoms with E-state index in [4.69, 9.17) is 0 Å². The normalized spacial score (nSPS) is 11.0. The van der Waals surface area contributed by atoms with Gasteiger partial charge in [-0.1, -0.05) is 48.5 Å². The third-order valence-corrected chi connectivity index (χ3v) is 4.77. The van der Waals surface area contributed by atoms with Crippen LogP contribution in [0.2, 0.25) is 0 Å². The number of rotatable bonds is 5. The molecule has 0 saturated carbocycles. The lowest BCUT2D eigenvalue weighted by molar-refractivity contribution is -0.112. The van der Waals surface area contributed by atoms with Crippen LogP contribution in [0.4, 0.5) is 10.1 Å². The molecule has 0 bridgehead atoms. The summed E-state index contributed by atoms with van der Waals surface area (Å²) in [5, 5.41) is 12.2. The van der Waals surface area contributed by atoms with Crippen molar-refractivity contribution >= 4 is 17.7 Å². The van der Waals surface area contributed by atoms with Crippen molar-refractivity contribution in [3.63, 3.8) is 0 Å². The van der Waals surface area contributed by atoms with Crippen LogP contribution in [0.25, 0.3) is 6.08 Å². The van der Waals surface area contributed by atoms with Gasteiger partial charge in [0, 0.05) is 12.1 Å². The van der Waals surface area contributed by atoms with Gasteiger partial charge < -0.3 is 5.32 Å². The summed E-state index contributed by atoms with van der Waals surface area (Å²) < 4.78 is 13.8. The molecule has 0 saturated heterocycles. The number of carbonyl (C=O) groups excluding carboxylic acids is 1. The zero-order valence-corrected chi connectivity index (χ0v) is 16.4. The number of benzene rings is 3.